The van der Waals surface area contributed by atoms with Crippen molar-refractivity contribution in [2.75, 3.05) is 12.0 Å². The zero-order chi connectivity index (χ0) is 34.2. The summed E-state index contributed by atoms with van der Waals surface area (Å²) in [5.74, 6) is -2.08. The molecule has 0 saturated heterocycles. The molecule has 1 aliphatic heterocycles. The number of nitrogens with two attached hydrogens (primary N) is 1. The molecule has 4 aromatic rings. The second-order valence-electron chi connectivity index (χ2n) is 12.4. The van der Waals surface area contributed by atoms with Crippen LogP contribution >= 0.6 is 0 Å². The van der Waals surface area contributed by atoms with Crippen molar-refractivity contribution >= 4 is 29.1 Å². The van der Waals surface area contributed by atoms with Crippen LogP contribution in [0, 0.1) is 17.8 Å². The molecule has 1 unspecified atom stereocenters. The first-order valence-corrected chi connectivity index (χ1v) is 16.2. The minimum Gasteiger partial charge on any atom is -0.497 e. The number of hydrogen-bond donors (Lipinski definition) is 2. The van der Waals surface area contributed by atoms with Crippen molar-refractivity contribution in [3.05, 3.63) is 132 Å². The maximum atomic E-state index is 14.6. The number of allylic oxidation sites excluding steroid dienone is 1. The highest BCUT2D eigenvalue weighted by Crippen LogP contribution is 2.32. The third kappa shape index (κ3) is 7.72. The first-order valence-electron chi connectivity index (χ1n) is 16.2. The number of amides is 3. The molecule has 3 amide bonds. The van der Waals surface area contributed by atoms with Crippen LogP contribution < -0.4 is 20.7 Å². The lowest BCUT2D eigenvalue weighted by molar-refractivity contribution is -0.135. The monoisotopic (exact) mass is 642 g/mol. The Kier molecular flexibility index (Phi) is 10.9. The number of primary amides is 1. The van der Waals surface area contributed by atoms with Crippen molar-refractivity contribution in [2.24, 2.45) is 28.5 Å². The number of ether oxygens (including phenoxy) is 1. The van der Waals surface area contributed by atoms with Gasteiger partial charge in [-0.2, -0.15) is 0 Å². The SMILES string of the molecule is C=CC[C@H](C(N)=O)[C@@H](CC(C)C)C(=O)NC1N=C(c2ccccc2)c2ccccc2N(Cc2cccc(-c3ccc(OC)cc3)c2)C1=O. The van der Waals surface area contributed by atoms with E-state index in [4.69, 9.17) is 15.5 Å². The Balaban J connectivity index is 1.57. The predicted octanol–water partition coefficient (Wildman–Crippen LogP) is 6.53. The average molecular weight is 643 g/mol. The Labute approximate surface area is 282 Å². The maximum absolute atomic E-state index is 14.6. The van der Waals surface area contributed by atoms with Crippen molar-refractivity contribution in [3.63, 3.8) is 0 Å². The van der Waals surface area contributed by atoms with Crippen molar-refractivity contribution in [2.45, 2.75) is 39.4 Å². The second-order valence-corrected chi connectivity index (χ2v) is 12.4. The van der Waals surface area contributed by atoms with Gasteiger partial charge in [-0.25, -0.2) is 4.99 Å². The van der Waals surface area contributed by atoms with E-state index in [1.54, 1.807) is 18.1 Å². The van der Waals surface area contributed by atoms with Crippen LogP contribution in [0.4, 0.5) is 5.69 Å². The summed E-state index contributed by atoms with van der Waals surface area (Å²) in [5.41, 5.74) is 11.5. The molecule has 0 fully saturated rings. The molecule has 246 valence electrons. The third-order valence-electron chi connectivity index (χ3n) is 8.56. The minimum atomic E-state index is -1.25. The molecular weight excluding hydrogens is 600 g/mol. The first-order chi connectivity index (χ1) is 23.2. The van der Waals surface area contributed by atoms with Crippen LogP contribution in [0.3, 0.4) is 0 Å². The number of benzodiazepines with no additional fused rings is 1. The van der Waals surface area contributed by atoms with Gasteiger partial charge in [0.1, 0.15) is 5.75 Å². The summed E-state index contributed by atoms with van der Waals surface area (Å²) in [7, 11) is 1.64. The summed E-state index contributed by atoms with van der Waals surface area (Å²) in [6, 6.07) is 33.1. The van der Waals surface area contributed by atoms with E-state index < -0.39 is 29.8 Å². The Morgan fingerprint density at radius 2 is 1.60 bits per heavy atom. The van der Waals surface area contributed by atoms with Gasteiger partial charge in [0, 0.05) is 11.1 Å². The van der Waals surface area contributed by atoms with Crippen LogP contribution in [0.25, 0.3) is 11.1 Å². The van der Waals surface area contributed by atoms with E-state index in [9.17, 15) is 14.4 Å². The molecule has 8 nitrogen and oxygen atoms in total. The van der Waals surface area contributed by atoms with Crippen molar-refractivity contribution in [1.29, 1.82) is 0 Å². The average Bonchev–Trinajstić information content (AvgIpc) is 3.21. The zero-order valence-corrected chi connectivity index (χ0v) is 27.6. The standard InChI is InChI=1S/C40H42N4O4/c1-5-12-32(37(41)45)34(23-26(2)3)39(46)43-38-40(47)44(25-27-13-11-16-30(24-27)28-19-21-31(48-4)22-20-28)35-18-10-9-17-33(35)36(42-38)29-14-7-6-8-15-29/h5-11,13-22,24,26,32,34,38H,1,12,23,25H2,2-4H3,(H2,41,45)(H,43,46)/t32-,34+,38?/m0/s1. The molecule has 48 heavy (non-hydrogen) atoms. The fourth-order valence-corrected chi connectivity index (χ4v) is 6.19. The number of benzene rings is 4. The molecular formula is C40H42N4O4. The fraction of sp³-hybridized carbons (Fsp3) is 0.250. The van der Waals surface area contributed by atoms with Crippen molar-refractivity contribution in [1.82, 2.24) is 5.32 Å². The lowest BCUT2D eigenvalue weighted by atomic mass is 9.82. The molecule has 0 spiro atoms. The molecule has 8 heteroatoms. The van der Waals surface area contributed by atoms with Crippen LogP contribution in [-0.2, 0) is 20.9 Å². The number of nitrogens with one attached hydrogen (secondary N) is 1. The quantitative estimate of drug-likeness (QED) is 0.162. The van der Waals surface area contributed by atoms with E-state index >= 15 is 0 Å². The van der Waals surface area contributed by atoms with Crippen LogP contribution in [0.2, 0.25) is 0 Å². The van der Waals surface area contributed by atoms with E-state index in [2.05, 4.69) is 18.0 Å². The Morgan fingerprint density at radius 3 is 2.27 bits per heavy atom. The Hall–Kier alpha value is -5.50. The van der Waals surface area contributed by atoms with E-state index in [0.717, 1.165) is 33.6 Å². The highest BCUT2D eigenvalue weighted by atomic mass is 16.5. The highest BCUT2D eigenvalue weighted by molar-refractivity contribution is 6.20. The van der Waals surface area contributed by atoms with E-state index in [-0.39, 0.29) is 24.8 Å². The van der Waals surface area contributed by atoms with Gasteiger partial charge in [-0.1, -0.05) is 98.8 Å². The Morgan fingerprint density at radius 1 is 0.917 bits per heavy atom. The number of anilines is 1. The molecule has 0 saturated carbocycles. The molecule has 3 N–H and O–H groups in total. The predicted molar refractivity (Wildman–Crippen MR) is 191 cm³/mol. The third-order valence-corrected chi connectivity index (χ3v) is 8.56. The smallest absolute Gasteiger partial charge is 0.272 e. The van der Waals surface area contributed by atoms with Crippen molar-refractivity contribution in [3.8, 4) is 16.9 Å². The number of hydrogen-bond acceptors (Lipinski definition) is 5. The largest absolute Gasteiger partial charge is 0.497 e. The van der Waals surface area contributed by atoms with E-state index in [1.165, 1.54) is 0 Å². The van der Waals surface area contributed by atoms with E-state index in [0.29, 0.717) is 17.8 Å². The van der Waals surface area contributed by atoms with Gasteiger partial charge < -0.3 is 20.7 Å². The number of nitrogens with zero attached hydrogens (tertiary/aromatic N) is 2. The molecule has 1 heterocycles. The number of carbonyl (C=O) groups excluding carboxylic acids is 3. The summed E-state index contributed by atoms with van der Waals surface area (Å²) >= 11 is 0. The van der Waals surface area contributed by atoms with Gasteiger partial charge in [0.05, 0.1) is 36.9 Å². The minimum absolute atomic E-state index is 0.0966. The molecule has 0 aromatic heterocycles. The number of fused-ring (bicyclic) bond motifs is 1. The maximum Gasteiger partial charge on any atom is 0.272 e. The molecule has 0 aliphatic carbocycles. The summed E-state index contributed by atoms with van der Waals surface area (Å²) in [5, 5.41) is 2.93. The zero-order valence-electron chi connectivity index (χ0n) is 27.6. The summed E-state index contributed by atoms with van der Waals surface area (Å²) in [6.45, 7) is 7.96. The first kappa shape index (κ1) is 33.9. The molecule has 3 atom stereocenters. The van der Waals surface area contributed by atoms with E-state index in [1.807, 2.05) is 111 Å². The lowest BCUT2D eigenvalue weighted by Gasteiger charge is -2.28. The topological polar surface area (TPSA) is 114 Å². The van der Waals surface area contributed by atoms with Gasteiger partial charge in [0.15, 0.2) is 0 Å². The van der Waals surface area contributed by atoms with Gasteiger partial charge >= 0.3 is 0 Å². The molecule has 0 bridgehead atoms. The molecule has 5 rings (SSSR count). The van der Waals surface area contributed by atoms with Crippen LogP contribution in [0.15, 0.2) is 121 Å². The number of methoxy groups -OCH3 is 1. The molecule has 4 aromatic carbocycles. The van der Waals surface area contributed by atoms with Gasteiger partial charge in [0.2, 0.25) is 18.0 Å². The number of rotatable bonds is 13. The highest BCUT2D eigenvalue weighted by Gasteiger charge is 2.37. The van der Waals surface area contributed by atoms with Crippen LogP contribution in [0.5, 0.6) is 5.75 Å². The summed E-state index contributed by atoms with van der Waals surface area (Å²) in [6.07, 6.45) is 0.999. The number of para-hydroxylation sites is 1. The summed E-state index contributed by atoms with van der Waals surface area (Å²) in [4.78, 5) is 47.8. The van der Waals surface area contributed by atoms with Gasteiger partial charge in [-0.15, -0.1) is 6.58 Å². The normalized spacial score (nSPS) is 15.5. The lowest BCUT2D eigenvalue weighted by Crippen LogP contribution is -2.50. The molecule has 1 aliphatic rings. The van der Waals surface area contributed by atoms with Gasteiger partial charge in [0.25, 0.3) is 5.91 Å². The summed E-state index contributed by atoms with van der Waals surface area (Å²) < 4.78 is 5.32. The van der Waals surface area contributed by atoms with Crippen molar-refractivity contribution < 1.29 is 19.1 Å². The second kappa shape index (κ2) is 15.4. The molecule has 0 radical (unpaired) electrons. The number of carbonyl (C=O) groups is 3. The van der Waals surface area contributed by atoms with Crippen LogP contribution in [-0.4, -0.2) is 36.7 Å². The Bertz CT molecular complexity index is 1800. The fourth-order valence-electron chi connectivity index (χ4n) is 6.19. The van der Waals surface area contributed by atoms with Crippen LogP contribution in [0.1, 0.15) is 43.4 Å². The van der Waals surface area contributed by atoms with Gasteiger partial charge in [-0.3, -0.25) is 14.4 Å². The number of aliphatic imine (C=N–C) groups is 1. The van der Waals surface area contributed by atoms with Gasteiger partial charge in [-0.05, 0) is 59.7 Å².